The van der Waals surface area contributed by atoms with E-state index in [1.807, 2.05) is 0 Å². The molecule has 33 heteroatoms. The van der Waals surface area contributed by atoms with Gasteiger partial charge in [0, 0.05) is 60.0 Å². The van der Waals surface area contributed by atoms with Crippen molar-refractivity contribution in [2.24, 2.45) is 23.3 Å². The van der Waals surface area contributed by atoms with E-state index in [1.54, 1.807) is 32.0 Å². The third-order valence-corrected chi connectivity index (χ3v) is 19.1. The number of H-pyrrole nitrogens is 1. The van der Waals surface area contributed by atoms with Crippen LogP contribution in [0.5, 0.6) is 5.75 Å². The largest absolute Gasteiger partial charge is 0.508 e. The van der Waals surface area contributed by atoms with Crippen LogP contribution in [0, 0.1) is 11.8 Å². The number of aromatic nitrogens is 1. The Morgan fingerprint density at radius 1 is 0.897 bits per heavy atom. The first-order valence-electron chi connectivity index (χ1n) is 27.9. The normalized spacial score (nSPS) is 26.6. The lowest BCUT2D eigenvalue weighted by Crippen LogP contribution is -2.62. The first kappa shape index (κ1) is 67.1. The maximum atomic E-state index is 15.3. The summed E-state index contributed by atoms with van der Waals surface area (Å²) in [5.41, 5.74) is 12.8. The first-order chi connectivity index (χ1) is 41.3. The molecule has 0 saturated carbocycles. The number of primary amides is 1. The van der Waals surface area contributed by atoms with Gasteiger partial charge in [-0.1, -0.05) is 54.8 Å². The molecule has 0 radical (unpaired) electrons. The topological polar surface area (TPSA) is 461 Å². The van der Waals surface area contributed by atoms with Crippen LogP contribution in [0.2, 0.25) is 0 Å². The fourth-order valence-corrected chi connectivity index (χ4v) is 13.9. The maximum Gasteiger partial charge on any atom is 0.321 e. The molecule has 2 aromatic carbocycles. The summed E-state index contributed by atoms with van der Waals surface area (Å²) in [4.78, 5) is 156. The number of likely N-dealkylation sites (N-methyl/N-ethyl adjacent to an activating group) is 1. The van der Waals surface area contributed by atoms with E-state index in [2.05, 4.69) is 47.5 Å². The summed E-state index contributed by atoms with van der Waals surface area (Å²) in [6, 6.07) is -1.96. The number of aliphatic carboxylic acids is 1. The van der Waals surface area contributed by atoms with Crippen LogP contribution in [0.15, 0.2) is 46.3 Å². The Balaban J connectivity index is 1.31. The van der Waals surface area contributed by atoms with Crippen molar-refractivity contribution in [1.82, 2.24) is 52.4 Å². The fourth-order valence-electron chi connectivity index (χ4n) is 10.1. The summed E-state index contributed by atoms with van der Waals surface area (Å²) in [5, 5.41) is 51.3. The molecule has 4 aliphatic rings. The van der Waals surface area contributed by atoms with Crippen molar-refractivity contribution >= 4 is 108 Å². The quantitative estimate of drug-likeness (QED) is 0.0457. The molecule has 2 saturated heterocycles. The number of hydrogen-bond donors (Lipinski definition) is 14. The Labute approximate surface area is 508 Å². The van der Waals surface area contributed by atoms with Crippen LogP contribution in [0.4, 0.5) is 0 Å². The van der Waals surface area contributed by atoms with E-state index < -0.39 is 187 Å². The second kappa shape index (κ2) is 30.5. The molecule has 0 spiro atoms. The van der Waals surface area contributed by atoms with Gasteiger partial charge in [-0.2, -0.15) is 0 Å². The Kier molecular flexibility index (Phi) is 23.5. The number of nitrogens with two attached hydrogens (primary N) is 2. The molecule has 7 rings (SSSR count). The first-order valence-corrected chi connectivity index (χ1v) is 31.5. The van der Waals surface area contributed by atoms with Gasteiger partial charge in [0.1, 0.15) is 59.7 Å². The van der Waals surface area contributed by atoms with Crippen molar-refractivity contribution in [2.45, 2.75) is 124 Å². The molecule has 13 atom stereocenters. The second-order valence-electron chi connectivity index (χ2n) is 21.4. The highest BCUT2D eigenvalue weighted by Crippen LogP contribution is 2.38. The van der Waals surface area contributed by atoms with Crippen LogP contribution >= 0.6 is 21.6 Å². The summed E-state index contributed by atoms with van der Waals surface area (Å²) < 4.78 is 33.2. The van der Waals surface area contributed by atoms with Gasteiger partial charge < -0.3 is 93.4 Å². The summed E-state index contributed by atoms with van der Waals surface area (Å²) in [5.74, 6) is -13.3. The average Bonchev–Trinajstić information content (AvgIpc) is 2.03. The molecule has 2 bridgehead atoms. The third-order valence-electron chi connectivity index (χ3n) is 15.1. The van der Waals surface area contributed by atoms with Gasteiger partial charge in [-0.25, -0.2) is 0 Å². The van der Waals surface area contributed by atoms with Crippen molar-refractivity contribution in [3.63, 3.8) is 0 Å². The molecule has 1 aromatic heterocycles. The minimum Gasteiger partial charge on any atom is -0.508 e. The minimum absolute atomic E-state index is 0.0687. The number of fused-ring (bicyclic) bond motifs is 5. The Bertz CT molecular complexity index is 3150. The van der Waals surface area contributed by atoms with E-state index in [4.69, 9.17) is 25.7 Å². The Hall–Kier alpha value is -7.40. The van der Waals surface area contributed by atoms with Crippen LogP contribution in [-0.4, -0.2) is 207 Å². The van der Waals surface area contributed by atoms with Crippen molar-refractivity contribution < 1.29 is 86.5 Å². The highest BCUT2D eigenvalue weighted by molar-refractivity contribution is 8.76. The Morgan fingerprint density at radius 2 is 1.62 bits per heavy atom. The smallest absolute Gasteiger partial charge is 0.321 e. The number of aliphatic hydroxyl groups excluding tert-OH is 1. The number of rotatable bonds is 17. The standard InChI is InChI=1S/C54H72N12O18S3/c1-5-24(2)44-49(76)59-17-41(70)60-36-23-87(81)51-31(30-8-7-28(67)13-33(30)63-51)15-34(46(73)58-18-42(71)64-44)61-50(77)45(65-48(75)37-14-29(68)19-66(37)52(78)35(16-40(56)69)62-47(36)74)25(3)38-20-83-54(84-38)27-6-9-39(86-85-22-32(55)53(79)80)26(12-27)10-11-82-21-43(72)57-4/h6-9,12-13,24-25,29,32,34-38,44-45,54,63,67-68H,5,10-11,14-23,55H2,1-4H3,(H2,56,69)(H,57,72)(H,58,73)(H,59,76)(H,60,70)(H,61,77)(H,62,74)(H,64,71)(H,65,75)(H,79,80). The number of carboxylic acid groups (broad SMARTS) is 1. The van der Waals surface area contributed by atoms with Crippen molar-refractivity contribution in [3.05, 3.63) is 53.1 Å². The highest BCUT2D eigenvalue weighted by atomic mass is 33.1. The number of carboxylic acids is 1. The van der Waals surface area contributed by atoms with Crippen LogP contribution in [0.25, 0.3) is 10.9 Å². The lowest BCUT2D eigenvalue weighted by Gasteiger charge is -2.33. The molecule has 2 fully saturated rings. The van der Waals surface area contributed by atoms with Crippen LogP contribution in [-0.2, 0) is 90.6 Å². The molecule has 30 nitrogen and oxygen atoms in total. The van der Waals surface area contributed by atoms with Gasteiger partial charge in [-0.05, 0) is 47.7 Å². The molecule has 16 N–H and O–H groups in total. The number of phenolic OH excluding ortho intramolecular Hbond substituents is 1. The summed E-state index contributed by atoms with van der Waals surface area (Å²) in [7, 11) is 1.51. The number of amides is 10. The number of carbonyl (C=O) groups is 11. The molecule has 87 heavy (non-hydrogen) atoms. The Morgan fingerprint density at radius 3 is 2.32 bits per heavy atom. The number of nitrogens with one attached hydrogen (secondary N) is 9. The molecule has 5 heterocycles. The summed E-state index contributed by atoms with van der Waals surface area (Å²) >= 11 is 0. The van der Waals surface area contributed by atoms with Gasteiger partial charge in [0.05, 0.1) is 67.0 Å². The van der Waals surface area contributed by atoms with Crippen LogP contribution < -0.4 is 54.0 Å². The number of benzene rings is 2. The predicted octanol–water partition coefficient (Wildman–Crippen LogP) is -3.70. The minimum atomic E-state index is -2.43. The summed E-state index contributed by atoms with van der Waals surface area (Å²) in [6.07, 6.45) is -4.75. The lowest BCUT2D eigenvalue weighted by atomic mass is 9.93. The molecular weight excluding hydrogens is 1200 g/mol. The van der Waals surface area contributed by atoms with E-state index in [-0.39, 0.29) is 65.1 Å². The zero-order valence-electron chi connectivity index (χ0n) is 47.9. The molecule has 4 aliphatic heterocycles. The molecular formula is C54H72N12O18S3. The summed E-state index contributed by atoms with van der Waals surface area (Å²) in [6.45, 7) is 2.52. The monoisotopic (exact) mass is 1270 g/mol. The number of nitrogens with zero attached hydrogens (tertiary/aromatic N) is 1. The number of aromatic amines is 1. The van der Waals surface area contributed by atoms with Crippen molar-refractivity contribution in [3.8, 4) is 5.75 Å². The number of carbonyl (C=O) groups excluding carboxylic acids is 10. The van der Waals surface area contributed by atoms with Crippen molar-refractivity contribution in [2.75, 3.05) is 58.0 Å². The number of phenols is 1. The molecule has 474 valence electrons. The number of aliphatic hydroxyl groups is 1. The van der Waals surface area contributed by atoms with Gasteiger partial charge in [0.15, 0.2) is 6.29 Å². The zero-order chi connectivity index (χ0) is 63.4. The maximum absolute atomic E-state index is 15.3. The number of hydrogen-bond acceptors (Lipinski definition) is 20. The van der Waals surface area contributed by atoms with Gasteiger partial charge in [-0.3, -0.25) is 56.9 Å². The molecule has 0 aliphatic carbocycles. The SMILES string of the molecule is CCC(C)C1NC(=O)CNC(=O)C2Cc3c([nH]c4cc(O)ccc34)S(=O)CC(NC(=O)CNC1=O)C(=O)NC(CC(N)=O)C(=O)N1CC(O)CC1C(=O)NC(C(C)C1COC(c3ccc(SSCC(N)C(=O)O)c(CCOCC(=O)NC)c3)O1)C(=O)N2. The third kappa shape index (κ3) is 17.4. The van der Waals surface area contributed by atoms with Crippen LogP contribution in [0.3, 0.4) is 0 Å². The van der Waals surface area contributed by atoms with Gasteiger partial charge in [-0.15, -0.1) is 0 Å². The number of aromatic hydroxyl groups is 1. The molecule has 13 unspecified atom stereocenters. The number of ether oxygens (including phenoxy) is 3. The van der Waals surface area contributed by atoms with Crippen LogP contribution in [0.1, 0.15) is 63.0 Å². The van der Waals surface area contributed by atoms with Crippen molar-refractivity contribution in [1.29, 1.82) is 0 Å². The average molecular weight is 1270 g/mol. The molecule has 3 aromatic rings. The highest BCUT2D eigenvalue weighted by Gasteiger charge is 2.46. The lowest BCUT2D eigenvalue weighted by molar-refractivity contribution is -0.144. The van der Waals surface area contributed by atoms with E-state index in [0.717, 1.165) is 4.90 Å². The van der Waals surface area contributed by atoms with Gasteiger partial charge in [0.2, 0.25) is 59.1 Å². The van der Waals surface area contributed by atoms with E-state index >= 15 is 4.79 Å². The second-order valence-corrected chi connectivity index (χ2v) is 25.2. The van der Waals surface area contributed by atoms with E-state index in [0.29, 0.717) is 22.4 Å². The molecule has 10 amide bonds. The van der Waals surface area contributed by atoms with E-state index in [9.17, 15) is 67.5 Å². The van der Waals surface area contributed by atoms with Gasteiger partial charge in [0.25, 0.3) is 0 Å². The predicted molar refractivity (Wildman–Crippen MR) is 312 cm³/mol. The fraction of sp³-hybridized carbons (Fsp3) is 0.537. The zero-order valence-corrected chi connectivity index (χ0v) is 50.3. The van der Waals surface area contributed by atoms with Gasteiger partial charge >= 0.3 is 5.97 Å². The van der Waals surface area contributed by atoms with E-state index in [1.165, 1.54) is 53.8 Å².